The van der Waals surface area contributed by atoms with Gasteiger partial charge >= 0.3 is 0 Å². The van der Waals surface area contributed by atoms with Gasteiger partial charge in [0.2, 0.25) is 0 Å². The zero-order valence-electron chi connectivity index (χ0n) is 7.38. The number of hydrogen-bond donors (Lipinski definition) is 0. The van der Waals surface area contributed by atoms with Gasteiger partial charge in [0, 0.05) is 19.7 Å². The third-order valence-corrected chi connectivity index (χ3v) is 2.94. The van der Waals surface area contributed by atoms with Crippen LogP contribution in [0.1, 0.15) is 19.8 Å². The third kappa shape index (κ3) is 3.01. The predicted octanol–water partition coefficient (Wildman–Crippen LogP) is 1.77. The highest BCUT2D eigenvalue weighted by molar-refractivity contribution is 7.96. The van der Waals surface area contributed by atoms with Crippen LogP contribution in [0.5, 0.6) is 0 Å². The van der Waals surface area contributed by atoms with Gasteiger partial charge in [-0.2, -0.15) is 0 Å². The number of nitrogens with zero attached hydrogens (tertiary/aromatic N) is 1. The SMILES string of the molecule is CCOC1CCN(SC)CC1. The van der Waals surface area contributed by atoms with Crippen LogP contribution >= 0.6 is 11.9 Å². The van der Waals surface area contributed by atoms with Crippen LogP contribution in [0.15, 0.2) is 0 Å². The summed E-state index contributed by atoms with van der Waals surface area (Å²) in [4.78, 5) is 0. The van der Waals surface area contributed by atoms with Gasteiger partial charge in [-0.3, -0.25) is 4.31 Å². The van der Waals surface area contributed by atoms with Crippen molar-refractivity contribution in [3.8, 4) is 0 Å². The molecule has 0 bridgehead atoms. The van der Waals surface area contributed by atoms with E-state index in [0.29, 0.717) is 6.10 Å². The molecule has 0 aromatic heterocycles. The van der Waals surface area contributed by atoms with E-state index in [1.807, 2.05) is 11.9 Å². The molecule has 0 atom stereocenters. The van der Waals surface area contributed by atoms with E-state index in [0.717, 1.165) is 6.61 Å². The van der Waals surface area contributed by atoms with Gasteiger partial charge in [0.05, 0.1) is 6.10 Å². The summed E-state index contributed by atoms with van der Waals surface area (Å²) in [6.07, 6.45) is 5.08. The zero-order chi connectivity index (χ0) is 8.10. The molecule has 1 aliphatic rings. The second kappa shape index (κ2) is 5.01. The summed E-state index contributed by atoms with van der Waals surface area (Å²) in [6, 6.07) is 0. The molecule has 1 aliphatic heterocycles. The second-order valence-corrected chi connectivity index (χ2v) is 3.65. The summed E-state index contributed by atoms with van der Waals surface area (Å²) < 4.78 is 7.94. The fraction of sp³-hybridized carbons (Fsp3) is 1.00. The molecule has 0 unspecified atom stereocenters. The van der Waals surface area contributed by atoms with Gasteiger partial charge in [-0.25, -0.2) is 0 Å². The normalized spacial score (nSPS) is 22.4. The van der Waals surface area contributed by atoms with Crippen LogP contribution in [-0.4, -0.2) is 36.4 Å². The van der Waals surface area contributed by atoms with Crippen molar-refractivity contribution in [1.82, 2.24) is 4.31 Å². The van der Waals surface area contributed by atoms with Gasteiger partial charge in [-0.15, -0.1) is 0 Å². The Labute approximate surface area is 73.4 Å². The molecule has 0 aliphatic carbocycles. The molecule has 0 aromatic rings. The topological polar surface area (TPSA) is 12.5 Å². The third-order valence-electron chi connectivity index (χ3n) is 2.06. The van der Waals surface area contributed by atoms with Crippen LogP contribution in [0.25, 0.3) is 0 Å². The predicted molar refractivity (Wildman–Crippen MR) is 49.7 cm³/mol. The first-order valence-electron chi connectivity index (χ1n) is 4.27. The maximum atomic E-state index is 5.54. The van der Waals surface area contributed by atoms with Gasteiger partial charge in [-0.05, 0) is 26.0 Å². The Morgan fingerprint density at radius 3 is 2.55 bits per heavy atom. The van der Waals surface area contributed by atoms with Crippen LogP contribution in [0, 0.1) is 0 Å². The first-order valence-corrected chi connectivity index (χ1v) is 5.45. The molecule has 0 radical (unpaired) electrons. The lowest BCUT2D eigenvalue weighted by Crippen LogP contribution is -2.32. The molecule has 0 N–H and O–H groups in total. The van der Waals surface area contributed by atoms with Crippen molar-refractivity contribution in [2.24, 2.45) is 0 Å². The number of hydrogen-bond acceptors (Lipinski definition) is 3. The van der Waals surface area contributed by atoms with Gasteiger partial charge < -0.3 is 4.74 Å². The lowest BCUT2D eigenvalue weighted by atomic mass is 10.1. The van der Waals surface area contributed by atoms with Crippen molar-refractivity contribution < 1.29 is 4.74 Å². The summed E-state index contributed by atoms with van der Waals surface area (Å²) in [5.41, 5.74) is 0. The molecule has 0 aromatic carbocycles. The molecule has 1 rings (SSSR count). The Balaban J connectivity index is 2.14. The van der Waals surface area contributed by atoms with Crippen LogP contribution < -0.4 is 0 Å². The highest BCUT2D eigenvalue weighted by Gasteiger charge is 2.17. The Kier molecular flexibility index (Phi) is 4.26. The molecular formula is C8H17NOS. The lowest BCUT2D eigenvalue weighted by Gasteiger charge is -2.29. The Morgan fingerprint density at radius 2 is 2.09 bits per heavy atom. The van der Waals surface area contributed by atoms with Crippen molar-refractivity contribution in [3.05, 3.63) is 0 Å². The molecule has 2 nitrogen and oxygen atoms in total. The summed E-state index contributed by atoms with van der Waals surface area (Å²) in [6.45, 7) is 5.31. The quantitative estimate of drug-likeness (QED) is 0.607. The van der Waals surface area contributed by atoms with E-state index in [-0.39, 0.29) is 0 Å². The first kappa shape index (κ1) is 9.36. The van der Waals surface area contributed by atoms with E-state index < -0.39 is 0 Å². The Morgan fingerprint density at radius 1 is 1.45 bits per heavy atom. The molecule has 1 heterocycles. The maximum Gasteiger partial charge on any atom is 0.0600 e. The molecule has 1 fully saturated rings. The minimum Gasteiger partial charge on any atom is -0.378 e. The monoisotopic (exact) mass is 175 g/mol. The molecule has 0 amide bonds. The molecule has 11 heavy (non-hydrogen) atoms. The average molecular weight is 175 g/mol. The molecule has 0 saturated carbocycles. The highest BCUT2D eigenvalue weighted by Crippen LogP contribution is 2.17. The fourth-order valence-corrected chi connectivity index (χ4v) is 1.99. The second-order valence-electron chi connectivity index (χ2n) is 2.77. The van der Waals surface area contributed by atoms with E-state index in [9.17, 15) is 0 Å². The maximum absolute atomic E-state index is 5.54. The zero-order valence-corrected chi connectivity index (χ0v) is 8.19. The van der Waals surface area contributed by atoms with Crippen LogP contribution in [-0.2, 0) is 4.74 Å². The van der Waals surface area contributed by atoms with E-state index in [4.69, 9.17) is 4.74 Å². The standard InChI is InChI=1S/C8H17NOS/c1-3-10-8-4-6-9(11-2)7-5-8/h8H,3-7H2,1-2H3. The molecule has 0 spiro atoms. The van der Waals surface area contributed by atoms with E-state index >= 15 is 0 Å². The summed E-state index contributed by atoms with van der Waals surface area (Å²) in [5.74, 6) is 0. The smallest absolute Gasteiger partial charge is 0.0600 e. The fourth-order valence-electron chi connectivity index (χ4n) is 1.42. The minimum absolute atomic E-state index is 0.531. The summed E-state index contributed by atoms with van der Waals surface area (Å²) >= 11 is 1.84. The minimum atomic E-state index is 0.531. The molecular weight excluding hydrogens is 158 g/mol. The van der Waals surface area contributed by atoms with Crippen molar-refractivity contribution in [1.29, 1.82) is 0 Å². The van der Waals surface area contributed by atoms with Crippen molar-refractivity contribution >= 4 is 11.9 Å². The van der Waals surface area contributed by atoms with Gasteiger partial charge in [0.15, 0.2) is 0 Å². The van der Waals surface area contributed by atoms with Gasteiger partial charge in [-0.1, -0.05) is 11.9 Å². The molecule has 3 heteroatoms. The molecule has 66 valence electrons. The van der Waals surface area contributed by atoms with Gasteiger partial charge in [0.25, 0.3) is 0 Å². The van der Waals surface area contributed by atoms with Crippen molar-refractivity contribution in [3.63, 3.8) is 0 Å². The lowest BCUT2D eigenvalue weighted by molar-refractivity contribution is 0.0305. The van der Waals surface area contributed by atoms with E-state index in [2.05, 4.69) is 17.5 Å². The average Bonchev–Trinajstić information content (AvgIpc) is 2.07. The van der Waals surface area contributed by atoms with Crippen LogP contribution in [0.4, 0.5) is 0 Å². The highest BCUT2D eigenvalue weighted by atomic mass is 32.2. The van der Waals surface area contributed by atoms with Crippen molar-refractivity contribution in [2.45, 2.75) is 25.9 Å². The van der Waals surface area contributed by atoms with Crippen LogP contribution in [0.2, 0.25) is 0 Å². The number of piperidine rings is 1. The van der Waals surface area contributed by atoms with E-state index in [1.165, 1.54) is 25.9 Å². The Hall–Kier alpha value is 0.270. The number of rotatable bonds is 3. The summed E-state index contributed by atoms with van der Waals surface area (Å²) in [7, 11) is 0. The summed E-state index contributed by atoms with van der Waals surface area (Å²) in [5, 5.41) is 0. The van der Waals surface area contributed by atoms with Gasteiger partial charge in [0.1, 0.15) is 0 Å². The Bertz CT molecular complexity index is 102. The number of ether oxygens (including phenoxy) is 1. The molecule has 1 saturated heterocycles. The van der Waals surface area contributed by atoms with Crippen molar-refractivity contribution in [2.75, 3.05) is 26.0 Å². The largest absolute Gasteiger partial charge is 0.378 e. The first-order chi connectivity index (χ1) is 5.36. The van der Waals surface area contributed by atoms with Crippen LogP contribution in [0.3, 0.4) is 0 Å². The van der Waals surface area contributed by atoms with E-state index in [1.54, 1.807) is 0 Å².